The normalized spacial score (nSPS) is 10.4. The summed E-state index contributed by atoms with van der Waals surface area (Å²) in [4.78, 5) is 11.8. The first-order valence-corrected chi connectivity index (χ1v) is 5.48. The Kier molecular flexibility index (Phi) is 4.90. The Balaban J connectivity index is 2.93. The molecule has 0 heterocycles. The lowest BCUT2D eigenvalue weighted by Gasteiger charge is -2.13. The molecule has 17 heavy (non-hydrogen) atoms. The summed E-state index contributed by atoms with van der Waals surface area (Å²) in [5.74, 6) is -0.486. The monoisotopic (exact) mass is 240 g/mol. The highest BCUT2D eigenvalue weighted by Crippen LogP contribution is 2.19. The van der Waals surface area contributed by atoms with Crippen LogP contribution in [0.2, 0.25) is 0 Å². The van der Waals surface area contributed by atoms with Crippen molar-refractivity contribution in [3.8, 4) is 5.75 Å². The van der Waals surface area contributed by atoms with E-state index in [1.807, 2.05) is 13.8 Å². The fraction of sp³-hybridized carbons (Fsp3) is 0.417. The largest absolute Gasteiger partial charge is 0.491 e. The number of ether oxygens (including phenoxy) is 1. The Hall–Kier alpha value is -1.62. The molecule has 4 nitrogen and oxygen atoms in total. The molecule has 1 amide bonds. The Morgan fingerprint density at radius 2 is 2.24 bits per heavy atom. The van der Waals surface area contributed by atoms with Crippen molar-refractivity contribution in [1.82, 2.24) is 5.32 Å². The average molecular weight is 240 g/mol. The van der Waals surface area contributed by atoms with Crippen LogP contribution in [0.15, 0.2) is 18.2 Å². The number of carbonyl (C=O) groups is 1. The van der Waals surface area contributed by atoms with Crippen LogP contribution in [0.5, 0.6) is 5.75 Å². The summed E-state index contributed by atoms with van der Waals surface area (Å²) in [5.41, 5.74) is 5.50. The molecule has 0 atom stereocenters. The van der Waals surface area contributed by atoms with Crippen LogP contribution in [0, 0.1) is 5.82 Å². The van der Waals surface area contributed by atoms with Crippen molar-refractivity contribution in [1.29, 1.82) is 0 Å². The van der Waals surface area contributed by atoms with Gasteiger partial charge in [-0.3, -0.25) is 4.79 Å². The SMILES string of the molecule is CC(C)NC(=O)c1cc(F)ccc1OCCN. The highest BCUT2D eigenvalue weighted by Gasteiger charge is 2.14. The van der Waals surface area contributed by atoms with Crippen molar-refractivity contribution in [2.75, 3.05) is 13.2 Å². The Labute approximate surface area is 100.0 Å². The standard InChI is InChI=1S/C12H17FN2O2/c1-8(2)15-12(16)10-7-9(13)3-4-11(10)17-6-5-14/h3-4,7-8H,5-6,14H2,1-2H3,(H,15,16). The van der Waals surface area contributed by atoms with Gasteiger partial charge in [-0.2, -0.15) is 0 Å². The molecule has 1 rings (SSSR count). The van der Waals surface area contributed by atoms with E-state index in [1.165, 1.54) is 12.1 Å². The van der Waals surface area contributed by atoms with Gasteiger partial charge in [-0.05, 0) is 32.0 Å². The predicted molar refractivity (Wildman–Crippen MR) is 63.6 cm³/mol. The van der Waals surface area contributed by atoms with E-state index in [9.17, 15) is 9.18 Å². The molecular formula is C12H17FN2O2. The van der Waals surface area contributed by atoms with Gasteiger partial charge in [-0.1, -0.05) is 0 Å². The van der Waals surface area contributed by atoms with Crippen molar-refractivity contribution in [3.63, 3.8) is 0 Å². The average Bonchev–Trinajstić information content (AvgIpc) is 2.26. The maximum atomic E-state index is 13.1. The zero-order valence-corrected chi connectivity index (χ0v) is 10.00. The fourth-order valence-electron chi connectivity index (χ4n) is 1.31. The predicted octanol–water partition coefficient (Wildman–Crippen LogP) is 1.30. The third-order valence-corrected chi connectivity index (χ3v) is 1.98. The highest BCUT2D eigenvalue weighted by atomic mass is 19.1. The van der Waals surface area contributed by atoms with Gasteiger partial charge < -0.3 is 15.8 Å². The van der Waals surface area contributed by atoms with Gasteiger partial charge in [-0.25, -0.2) is 4.39 Å². The molecule has 0 saturated carbocycles. The van der Waals surface area contributed by atoms with Crippen LogP contribution in [0.4, 0.5) is 4.39 Å². The third-order valence-electron chi connectivity index (χ3n) is 1.98. The van der Waals surface area contributed by atoms with Crippen molar-refractivity contribution in [3.05, 3.63) is 29.6 Å². The first-order valence-electron chi connectivity index (χ1n) is 5.48. The molecule has 0 aliphatic carbocycles. The first kappa shape index (κ1) is 13.4. The van der Waals surface area contributed by atoms with Gasteiger partial charge in [0, 0.05) is 12.6 Å². The first-order chi connectivity index (χ1) is 8.04. The molecule has 0 fully saturated rings. The van der Waals surface area contributed by atoms with E-state index < -0.39 is 5.82 Å². The number of hydrogen-bond donors (Lipinski definition) is 2. The van der Waals surface area contributed by atoms with Gasteiger partial charge in [0.05, 0.1) is 5.56 Å². The fourth-order valence-corrected chi connectivity index (χ4v) is 1.31. The molecular weight excluding hydrogens is 223 g/mol. The zero-order chi connectivity index (χ0) is 12.8. The van der Waals surface area contributed by atoms with Crippen molar-refractivity contribution < 1.29 is 13.9 Å². The van der Waals surface area contributed by atoms with Crippen LogP contribution >= 0.6 is 0 Å². The summed E-state index contributed by atoms with van der Waals surface area (Å²) in [5, 5.41) is 2.69. The molecule has 0 aliphatic heterocycles. The van der Waals surface area contributed by atoms with Crippen LogP contribution in [0.1, 0.15) is 24.2 Å². The molecule has 0 unspecified atom stereocenters. The number of carbonyl (C=O) groups excluding carboxylic acids is 1. The van der Waals surface area contributed by atoms with E-state index in [0.717, 1.165) is 6.07 Å². The number of halogens is 1. The van der Waals surface area contributed by atoms with Gasteiger partial charge in [0.2, 0.25) is 0 Å². The Morgan fingerprint density at radius 3 is 2.82 bits per heavy atom. The van der Waals surface area contributed by atoms with E-state index in [2.05, 4.69) is 5.32 Å². The van der Waals surface area contributed by atoms with Gasteiger partial charge in [0.25, 0.3) is 5.91 Å². The van der Waals surface area contributed by atoms with E-state index >= 15 is 0 Å². The summed E-state index contributed by atoms with van der Waals surface area (Å²) in [7, 11) is 0. The molecule has 0 aliphatic rings. The van der Waals surface area contributed by atoms with E-state index in [0.29, 0.717) is 12.3 Å². The smallest absolute Gasteiger partial charge is 0.255 e. The van der Waals surface area contributed by atoms with Crippen molar-refractivity contribution >= 4 is 5.91 Å². The Bertz CT molecular complexity index is 394. The zero-order valence-electron chi connectivity index (χ0n) is 10.00. The van der Waals surface area contributed by atoms with Crippen LogP contribution < -0.4 is 15.8 Å². The summed E-state index contributed by atoms with van der Waals surface area (Å²) >= 11 is 0. The second-order valence-electron chi connectivity index (χ2n) is 3.91. The lowest BCUT2D eigenvalue weighted by Crippen LogP contribution is -2.30. The van der Waals surface area contributed by atoms with E-state index in [-0.39, 0.29) is 24.1 Å². The minimum absolute atomic E-state index is 0.0203. The molecule has 0 radical (unpaired) electrons. The Morgan fingerprint density at radius 1 is 1.53 bits per heavy atom. The number of rotatable bonds is 5. The number of benzene rings is 1. The van der Waals surface area contributed by atoms with Crippen molar-refractivity contribution in [2.45, 2.75) is 19.9 Å². The minimum atomic E-state index is -0.473. The summed E-state index contributed by atoms with van der Waals surface area (Å²) in [6.45, 7) is 4.28. The van der Waals surface area contributed by atoms with Crippen LogP contribution in [-0.4, -0.2) is 25.1 Å². The molecule has 5 heteroatoms. The molecule has 1 aromatic carbocycles. The maximum Gasteiger partial charge on any atom is 0.255 e. The van der Waals surface area contributed by atoms with Gasteiger partial charge in [0.15, 0.2) is 0 Å². The second-order valence-corrected chi connectivity index (χ2v) is 3.91. The van der Waals surface area contributed by atoms with Crippen LogP contribution in [0.3, 0.4) is 0 Å². The van der Waals surface area contributed by atoms with E-state index in [1.54, 1.807) is 0 Å². The summed E-state index contributed by atoms with van der Waals surface area (Å²) in [6.07, 6.45) is 0. The lowest BCUT2D eigenvalue weighted by molar-refractivity contribution is 0.0938. The molecule has 0 saturated heterocycles. The third kappa shape index (κ3) is 4.03. The van der Waals surface area contributed by atoms with Crippen LogP contribution in [0.25, 0.3) is 0 Å². The highest BCUT2D eigenvalue weighted by molar-refractivity contribution is 5.97. The molecule has 0 aromatic heterocycles. The molecule has 94 valence electrons. The summed E-state index contributed by atoms with van der Waals surface area (Å²) < 4.78 is 18.4. The number of amides is 1. The molecule has 0 bridgehead atoms. The lowest BCUT2D eigenvalue weighted by atomic mass is 10.1. The number of hydrogen-bond acceptors (Lipinski definition) is 3. The van der Waals surface area contributed by atoms with Crippen molar-refractivity contribution in [2.24, 2.45) is 5.73 Å². The number of nitrogens with one attached hydrogen (secondary N) is 1. The van der Waals surface area contributed by atoms with Crippen LogP contribution in [-0.2, 0) is 0 Å². The molecule has 1 aromatic rings. The van der Waals surface area contributed by atoms with Gasteiger partial charge >= 0.3 is 0 Å². The quantitative estimate of drug-likeness (QED) is 0.815. The van der Waals surface area contributed by atoms with Gasteiger partial charge in [-0.15, -0.1) is 0 Å². The number of nitrogens with two attached hydrogens (primary N) is 1. The maximum absolute atomic E-state index is 13.1. The topological polar surface area (TPSA) is 64.3 Å². The van der Waals surface area contributed by atoms with Gasteiger partial charge in [0.1, 0.15) is 18.2 Å². The molecule has 3 N–H and O–H groups in total. The minimum Gasteiger partial charge on any atom is -0.491 e. The second kappa shape index (κ2) is 6.20. The summed E-state index contributed by atoms with van der Waals surface area (Å²) in [6, 6.07) is 3.81. The molecule has 0 spiro atoms. The van der Waals surface area contributed by atoms with E-state index in [4.69, 9.17) is 10.5 Å².